The number of thiophene rings is 2. The molecule has 57 heavy (non-hydrogen) atoms. The van der Waals surface area contributed by atoms with Crippen molar-refractivity contribution >= 4 is 74.0 Å². The number of imidazole rings is 2. The third kappa shape index (κ3) is 8.81. The molecule has 2 aliphatic rings. The smallest absolute Gasteiger partial charge is 0.206 e. The lowest BCUT2D eigenvalue weighted by atomic mass is 9.92. The van der Waals surface area contributed by atoms with Crippen molar-refractivity contribution in [3.63, 3.8) is 0 Å². The van der Waals surface area contributed by atoms with Crippen LogP contribution in [-0.2, 0) is 19.4 Å². The summed E-state index contributed by atoms with van der Waals surface area (Å²) in [5.41, 5.74) is 16.0. The molecular formula is C42H44F2N10OS2. The van der Waals surface area contributed by atoms with Crippen LogP contribution in [0.15, 0.2) is 83.8 Å². The third-order valence-electron chi connectivity index (χ3n) is 10.7. The molecule has 0 amide bonds. The fourth-order valence-electron chi connectivity index (χ4n) is 7.75. The lowest BCUT2D eigenvalue weighted by molar-refractivity contribution is 0.112. The van der Waals surface area contributed by atoms with Crippen molar-refractivity contribution in [3.05, 3.63) is 117 Å². The Morgan fingerprint density at radius 2 is 1.25 bits per heavy atom. The monoisotopic (exact) mass is 806 g/mol. The molecule has 11 nitrogen and oxygen atoms in total. The van der Waals surface area contributed by atoms with Gasteiger partial charge in [0.05, 0.1) is 16.3 Å². The summed E-state index contributed by atoms with van der Waals surface area (Å²) >= 11 is 3.28. The largest absolute Gasteiger partial charge is 0.369 e. The van der Waals surface area contributed by atoms with Gasteiger partial charge in [-0.2, -0.15) is 0 Å². The molecule has 0 atom stereocenters. The van der Waals surface area contributed by atoms with Crippen molar-refractivity contribution < 1.29 is 13.6 Å². The standard InChI is InChI=1S/C21H22FN5S.C16H18FN5.C5H4OS/c22-18-5-1-4-17-19(18)25-21(23)27-12-15(24-20(17)27)11-14-6-8-26(9-7-14)13-16-3-2-10-28-16;17-13-3-1-2-12-14(13)21-16(18)22-9-11(20-15(12)22)8-10-4-6-19-7-5-10;6-4-5-2-1-3-7-5/h1-5,10,12,14H,6-9,11,13H2,(H2,23,25);1-3,9-10,19H,4-8H2,(H2,18,21);1-4H. The molecule has 10 rings (SSSR count). The van der Waals surface area contributed by atoms with Crippen LogP contribution in [-0.4, -0.2) is 66.1 Å². The van der Waals surface area contributed by atoms with Gasteiger partial charge >= 0.3 is 0 Å². The zero-order valence-electron chi connectivity index (χ0n) is 31.4. The number of rotatable bonds is 7. The number of fused-ring (bicyclic) bond motifs is 6. The number of benzene rings is 2. The highest BCUT2D eigenvalue weighted by Crippen LogP contribution is 2.28. The molecule has 2 aliphatic heterocycles. The summed E-state index contributed by atoms with van der Waals surface area (Å²) in [7, 11) is 0. The van der Waals surface area contributed by atoms with Crippen LogP contribution in [0.4, 0.5) is 20.7 Å². The van der Waals surface area contributed by atoms with Crippen LogP contribution in [0.25, 0.3) is 33.1 Å². The summed E-state index contributed by atoms with van der Waals surface area (Å²) < 4.78 is 31.5. The van der Waals surface area contributed by atoms with Gasteiger partial charge < -0.3 is 16.8 Å². The fourth-order valence-corrected chi connectivity index (χ4v) is 9.02. The third-order valence-corrected chi connectivity index (χ3v) is 12.4. The van der Waals surface area contributed by atoms with E-state index in [0.717, 1.165) is 81.0 Å². The average molecular weight is 807 g/mol. The number of nitrogens with zero attached hydrogens (tertiary/aromatic N) is 7. The Hall–Kier alpha value is -5.35. The van der Waals surface area contributed by atoms with E-state index in [9.17, 15) is 13.6 Å². The second-order valence-electron chi connectivity index (χ2n) is 14.6. The summed E-state index contributed by atoms with van der Waals surface area (Å²) in [6.45, 7) is 5.42. The number of aromatic nitrogens is 6. The summed E-state index contributed by atoms with van der Waals surface area (Å²) in [6, 6.07) is 17.8. The van der Waals surface area contributed by atoms with Gasteiger partial charge in [0.25, 0.3) is 0 Å². The van der Waals surface area contributed by atoms with E-state index < -0.39 is 0 Å². The predicted molar refractivity (Wildman–Crippen MR) is 225 cm³/mol. The Kier molecular flexibility index (Phi) is 11.8. The van der Waals surface area contributed by atoms with E-state index >= 15 is 0 Å². The summed E-state index contributed by atoms with van der Waals surface area (Å²) in [5.74, 6) is 1.07. The maximum Gasteiger partial charge on any atom is 0.206 e. The number of carbonyl (C=O) groups is 1. The number of carbonyl (C=O) groups excluding carboxylic acids is 1. The highest BCUT2D eigenvalue weighted by Gasteiger charge is 2.22. The molecule has 8 aromatic rings. The number of anilines is 2. The predicted octanol–water partition coefficient (Wildman–Crippen LogP) is 7.83. The number of nitrogens with one attached hydrogen (secondary N) is 1. The summed E-state index contributed by atoms with van der Waals surface area (Å²) in [4.78, 5) is 32.5. The average Bonchev–Trinajstić information content (AvgIpc) is 4.06. The Morgan fingerprint density at radius 3 is 1.74 bits per heavy atom. The van der Waals surface area contributed by atoms with Crippen molar-refractivity contribution in [2.24, 2.45) is 11.8 Å². The minimum Gasteiger partial charge on any atom is -0.369 e. The molecule has 6 aromatic heterocycles. The van der Waals surface area contributed by atoms with E-state index in [0.29, 0.717) is 33.9 Å². The number of halogens is 2. The number of hydrogen-bond acceptors (Lipinski definition) is 11. The maximum atomic E-state index is 14.1. The molecule has 2 aromatic carbocycles. The van der Waals surface area contributed by atoms with E-state index in [4.69, 9.17) is 21.4 Å². The van der Waals surface area contributed by atoms with E-state index in [1.54, 1.807) is 27.0 Å². The topological polar surface area (TPSA) is 145 Å². The van der Waals surface area contributed by atoms with Crippen LogP contribution in [0.5, 0.6) is 0 Å². The van der Waals surface area contributed by atoms with E-state index in [2.05, 4.69) is 37.7 Å². The van der Waals surface area contributed by atoms with Crippen LogP contribution >= 0.6 is 22.7 Å². The van der Waals surface area contributed by atoms with Crippen molar-refractivity contribution in [1.82, 2.24) is 39.0 Å². The lowest BCUT2D eigenvalue weighted by Crippen LogP contribution is -2.33. The number of nitrogen functional groups attached to an aromatic ring is 2. The molecular weight excluding hydrogens is 763 g/mol. The molecule has 0 bridgehead atoms. The number of nitrogens with two attached hydrogens (primary N) is 2. The van der Waals surface area contributed by atoms with Crippen LogP contribution in [0.1, 0.15) is 51.6 Å². The molecule has 0 unspecified atom stereocenters. The number of para-hydroxylation sites is 2. The highest BCUT2D eigenvalue weighted by atomic mass is 32.1. The molecule has 5 N–H and O–H groups in total. The van der Waals surface area contributed by atoms with Crippen molar-refractivity contribution in [1.29, 1.82) is 0 Å². The van der Waals surface area contributed by atoms with Gasteiger partial charge in [-0.25, -0.2) is 28.7 Å². The number of piperidine rings is 2. The van der Waals surface area contributed by atoms with E-state index in [1.807, 2.05) is 47.3 Å². The second kappa shape index (κ2) is 17.4. The van der Waals surface area contributed by atoms with Gasteiger partial charge in [0, 0.05) is 34.6 Å². The fraction of sp³-hybridized carbons (Fsp3) is 0.310. The molecule has 0 aliphatic carbocycles. The first kappa shape index (κ1) is 38.5. The molecule has 0 radical (unpaired) electrons. The van der Waals surface area contributed by atoms with Crippen molar-refractivity contribution in [2.45, 2.75) is 45.1 Å². The normalized spacial score (nSPS) is 15.5. The first-order valence-electron chi connectivity index (χ1n) is 19.2. The lowest BCUT2D eigenvalue weighted by Gasteiger charge is -2.31. The number of aldehydes is 1. The quantitative estimate of drug-likeness (QED) is 0.137. The maximum absolute atomic E-state index is 14.1. The first-order chi connectivity index (χ1) is 27.8. The molecule has 0 saturated carbocycles. The van der Waals surface area contributed by atoms with Gasteiger partial charge in [-0.05, 0) is 124 Å². The van der Waals surface area contributed by atoms with Crippen LogP contribution < -0.4 is 16.8 Å². The zero-order valence-corrected chi connectivity index (χ0v) is 33.0. The molecule has 294 valence electrons. The molecule has 2 fully saturated rings. The highest BCUT2D eigenvalue weighted by molar-refractivity contribution is 7.11. The van der Waals surface area contributed by atoms with Gasteiger partial charge in [0.15, 0.2) is 6.29 Å². The van der Waals surface area contributed by atoms with Gasteiger partial charge in [-0.3, -0.25) is 18.5 Å². The van der Waals surface area contributed by atoms with Gasteiger partial charge in [0.1, 0.15) is 34.0 Å². The van der Waals surface area contributed by atoms with Gasteiger partial charge in [0.2, 0.25) is 11.9 Å². The Morgan fingerprint density at radius 1 is 0.702 bits per heavy atom. The molecule has 2 saturated heterocycles. The van der Waals surface area contributed by atoms with Crippen LogP contribution in [0.2, 0.25) is 0 Å². The Bertz CT molecular complexity index is 2590. The Balaban J connectivity index is 0.000000139. The van der Waals surface area contributed by atoms with Gasteiger partial charge in [-0.1, -0.05) is 24.3 Å². The van der Waals surface area contributed by atoms with Gasteiger partial charge in [-0.15, -0.1) is 22.7 Å². The second-order valence-corrected chi connectivity index (χ2v) is 16.6. The summed E-state index contributed by atoms with van der Waals surface area (Å²) in [5, 5.41) is 8.79. The minimum atomic E-state index is -0.366. The van der Waals surface area contributed by atoms with Crippen LogP contribution in [0.3, 0.4) is 0 Å². The number of hydrogen-bond donors (Lipinski definition) is 3. The molecule has 8 heterocycles. The van der Waals surface area contributed by atoms with Crippen molar-refractivity contribution in [2.75, 3.05) is 37.6 Å². The van der Waals surface area contributed by atoms with Crippen molar-refractivity contribution in [3.8, 4) is 0 Å². The SMILES string of the molecule is Nc1nc2c(F)cccc2c2nc(CC3CCN(Cc4cccs4)CC3)cn12.Nc1nc2c(F)cccc2c2nc(CC3CCNCC3)cn12.O=Cc1cccs1. The van der Waals surface area contributed by atoms with E-state index in [1.165, 1.54) is 41.2 Å². The minimum absolute atomic E-state index is 0.275. The Labute approximate surface area is 336 Å². The summed E-state index contributed by atoms with van der Waals surface area (Å²) in [6.07, 6.45) is 11.3. The van der Waals surface area contributed by atoms with Crippen LogP contribution in [0, 0.1) is 23.5 Å². The zero-order chi connectivity index (χ0) is 39.3. The first-order valence-corrected chi connectivity index (χ1v) is 21.0. The molecule has 0 spiro atoms. The number of likely N-dealkylation sites (tertiary alicyclic amines) is 1. The van der Waals surface area contributed by atoms with E-state index in [-0.39, 0.29) is 34.6 Å². The molecule has 15 heteroatoms.